The van der Waals surface area contributed by atoms with Gasteiger partial charge in [-0.1, -0.05) is 24.3 Å². The molecule has 5 N–H and O–H groups in total. The number of hydrogen-bond acceptors (Lipinski definition) is 3. The van der Waals surface area contributed by atoms with Gasteiger partial charge in [-0.05, 0) is 43.7 Å². The maximum Gasteiger partial charge on any atom is 0.211 e. The molecule has 0 fully saturated rings. The summed E-state index contributed by atoms with van der Waals surface area (Å²) in [5, 5.41) is 15.6. The Balaban J connectivity index is 2.04. The van der Waals surface area contributed by atoms with E-state index in [0.717, 1.165) is 35.5 Å². The standard InChI is InChI=1S/C16H20N6/c1-9-5-3-4-6-12(9)11-7-13-15(10(2)19-20-13)14(8-11)21-22-16(17)18/h3-6,11H,7-8H2,1-2H3,(H,19,20)(H4,17,18,22). The Kier molecular flexibility index (Phi) is 3.66. The summed E-state index contributed by atoms with van der Waals surface area (Å²) in [5.74, 6) is 0.303. The fourth-order valence-electron chi connectivity index (χ4n) is 3.12. The number of aromatic nitrogens is 2. The normalized spacial score (nSPS) is 19.0. The van der Waals surface area contributed by atoms with Gasteiger partial charge < -0.3 is 11.5 Å². The van der Waals surface area contributed by atoms with Gasteiger partial charge >= 0.3 is 0 Å². The lowest BCUT2D eigenvalue weighted by Gasteiger charge is -2.24. The van der Waals surface area contributed by atoms with E-state index in [1.165, 1.54) is 11.1 Å². The van der Waals surface area contributed by atoms with Gasteiger partial charge in [-0.15, -0.1) is 5.10 Å². The number of nitrogens with two attached hydrogens (primary N) is 2. The molecule has 0 saturated heterocycles. The second-order valence-corrected chi connectivity index (χ2v) is 5.70. The summed E-state index contributed by atoms with van der Waals surface area (Å²) >= 11 is 0. The van der Waals surface area contributed by atoms with Crippen LogP contribution in [0.2, 0.25) is 0 Å². The Hall–Kier alpha value is -2.63. The largest absolute Gasteiger partial charge is 0.369 e. The molecule has 0 aliphatic heterocycles. The average molecular weight is 296 g/mol. The molecule has 1 atom stereocenters. The highest BCUT2D eigenvalue weighted by atomic mass is 15.3. The number of aryl methyl sites for hydroxylation is 2. The molecule has 0 saturated carbocycles. The summed E-state index contributed by atoms with van der Waals surface area (Å²) in [6, 6.07) is 8.43. The summed E-state index contributed by atoms with van der Waals surface area (Å²) < 4.78 is 0. The fraction of sp³-hybridized carbons (Fsp3) is 0.312. The summed E-state index contributed by atoms with van der Waals surface area (Å²) in [7, 11) is 0. The van der Waals surface area contributed by atoms with E-state index in [1.54, 1.807) is 0 Å². The minimum atomic E-state index is -0.0341. The van der Waals surface area contributed by atoms with Crippen molar-refractivity contribution in [2.24, 2.45) is 21.7 Å². The molecule has 2 aromatic rings. The van der Waals surface area contributed by atoms with Crippen molar-refractivity contribution in [1.82, 2.24) is 10.2 Å². The SMILES string of the molecule is Cc1ccccc1C1CC(=NN=C(N)N)c2c(n[nH]c2C)C1. The van der Waals surface area contributed by atoms with Crippen LogP contribution in [0.15, 0.2) is 34.5 Å². The number of H-pyrrole nitrogens is 1. The van der Waals surface area contributed by atoms with E-state index in [-0.39, 0.29) is 5.96 Å². The minimum absolute atomic E-state index is 0.0341. The predicted molar refractivity (Wildman–Crippen MR) is 87.9 cm³/mol. The number of hydrogen-bond donors (Lipinski definition) is 3. The molecule has 1 aromatic heterocycles. The molecule has 114 valence electrons. The monoisotopic (exact) mass is 296 g/mol. The Morgan fingerprint density at radius 1 is 1.23 bits per heavy atom. The lowest BCUT2D eigenvalue weighted by molar-refractivity contribution is 0.675. The second-order valence-electron chi connectivity index (χ2n) is 5.70. The van der Waals surface area contributed by atoms with Crippen LogP contribution < -0.4 is 11.5 Å². The molecule has 3 rings (SSSR count). The summed E-state index contributed by atoms with van der Waals surface area (Å²) in [6.45, 7) is 4.12. The van der Waals surface area contributed by atoms with Gasteiger partial charge in [-0.25, -0.2) is 0 Å². The smallest absolute Gasteiger partial charge is 0.211 e. The van der Waals surface area contributed by atoms with E-state index >= 15 is 0 Å². The van der Waals surface area contributed by atoms with Crippen molar-refractivity contribution in [3.63, 3.8) is 0 Å². The predicted octanol–water partition coefficient (Wildman–Crippen LogP) is 1.73. The molecule has 1 aliphatic carbocycles. The van der Waals surface area contributed by atoms with Crippen LogP contribution in [0, 0.1) is 13.8 Å². The van der Waals surface area contributed by atoms with Crippen molar-refractivity contribution in [3.05, 3.63) is 52.3 Å². The topological polar surface area (TPSA) is 105 Å². The van der Waals surface area contributed by atoms with Crippen molar-refractivity contribution >= 4 is 11.7 Å². The average Bonchev–Trinajstić information content (AvgIpc) is 2.87. The van der Waals surface area contributed by atoms with Crippen molar-refractivity contribution in [1.29, 1.82) is 0 Å². The van der Waals surface area contributed by atoms with Crippen molar-refractivity contribution in [2.45, 2.75) is 32.6 Å². The maximum atomic E-state index is 5.41. The molecule has 0 amide bonds. The van der Waals surface area contributed by atoms with Gasteiger partial charge in [0, 0.05) is 11.3 Å². The molecular weight excluding hydrogens is 276 g/mol. The van der Waals surface area contributed by atoms with E-state index in [9.17, 15) is 0 Å². The Morgan fingerprint density at radius 3 is 2.73 bits per heavy atom. The number of fused-ring (bicyclic) bond motifs is 1. The van der Waals surface area contributed by atoms with Crippen molar-refractivity contribution < 1.29 is 0 Å². The van der Waals surface area contributed by atoms with Crippen LogP contribution in [0.1, 0.15) is 40.4 Å². The van der Waals surface area contributed by atoms with Crippen LogP contribution in [0.25, 0.3) is 0 Å². The fourth-order valence-corrected chi connectivity index (χ4v) is 3.12. The first-order valence-corrected chi connectivity index (χ1v) is 7.31. The van der Waals surface area contributed by atoms with Gasteiger partial charge in [0.15, 0.2) is 0 Å². The van der Waals surface area contributed by atoms with E-state index in [1.807, 2.05) is 6.92 Å². The highest BCUT2D eigenvalue weighted by molar-refractivity contribution is 6.04. The maximum absolute atomic E-state index is 5.41. The Labute approximate surface area is 129 Å². The van der Waals surface area contributed by atoms with Gasteiger partial charge in [0.05, 0.1) is 11.4 Å². The van der Waals surface area contributed by atoms with Gasteiger partial charge in [-0.2, -0.15) is 10.2 Å². The Morgan fingerprint density at radius 2 is 2.00 bits per heavy atom. The summed E-state index contributed by atoms with van der Waals surface area (Å²) in [5.41, 5.74) is 17.4. The molecule has 0 bridgehead atoms. The zero-order valence-electron chi connectivity index (χ0n) is 12.8. The van der Waals surface area contributed by atoms with Crippen LogP contribution in [0.4, 0.5) is 0 Å². The number of guanidine groups is 1. The van der Waals surface area contributed by atoms with E-state index in [0.29, 0.717) is 5.92 Å². The van der Waals surface area contributed by atoms with E-state index in [2.05, 4.69) is 51.6 Å². The van der Waals surface area contributed by atoms with Crippen LogP contribution in [-0.2, 0) is 6.42 Å². The molecule has 1 aromatic carbocycles. The van der Waals surface area contributed by atoms with Gasteiger partial charge in [0.1, 0.15) is 0 Å². The third kappa shape index (κ3) is 2.59. The first kappa shape index (κ1) is 14.3. The van der Waals surface area contributed by atoms with Gasteiger partial charge in [-0.3, -0.25) is 5.10 Å². The zero-order chi connectivity index (χ0) is 15.7. The van der Waals surface area contributed by atoms with Crippen LogP contribution >= 0.6 is 0 Å². The van der Waals surface area contributed by atoms with Crippen molar-refractivity contribution in [3.8, 4) is 0 Å². The molecular formula is C16H20N6. The molecule has 22 heavy (non-hydrogen) atoms. The second kappa shape index (κ2) is 5.63. The third-order valence-electron chi connectivity index (χ3n) is 4.10. The van der Waals surface area contributed by atoms with Crippen LogP contribution in [0.3, 0.4) is 0 Å². The molecule has 1 unspecified atom stereocenters. The highest BCUT2D eigenvalue weighted by Gasteiger charge is 2.29. The van der Waals surface area contributed by atoms with Gasteiger partial charge in [0.2, 0.25) is 5.96 Å². The molecule has 6 nitrogen and oxygen atoms in total. The molecule has 1 heterocycles. The highest BCUT2D eigenvalue weighted by Crippen LogP contribution is 2.34. The number of rotatable bonds is 2. The van der Waals surface area contributed by atoms with Crippen molar-refractivity contribution in [2.75, 3.05) is 0 Å². The van der Waals surface area contributed by atoms with Gasteiger partial charge in [0.25, 0.3) is 0 Å². The van der Waals surface area contributed by atoms with Crippen LogP contribution in [0.5, 0.6) is 0 Å². The Bertz CT molecular complexity index is 752. The lowest BCUT2D eigenvalue weighted by atomic mass is 9.80. The molecule has 0 radical (unpaired) electrons. The first-order chi connectivity index (χ1) is 10.6. The van der Waals surface area contributed by atoms with E-state index in [4.69, 9.17) is 11.5 Å². The summed E-state index contributed by atoms with van der Waals surface area (Å²) in [6.07, 6.45) is 1.69. The van der Waals surface area contributed by atoms with E-state index < -0.39 is 0 Å². The zero-order valence-corrected chi connectivity index (χ0v) is 12.8. The molecule has 0 spiro atoms. The minimum Gasteiger partial charge on any atom is -0.369 e. The number of benzene rings is 1. The quantitative estimate of drug-likeness (QED) is 0.446. The summed E-state index contributed by atoms with van der Waals surface area (Å²) in [4.78, 5) is 0. The lowest BCUT2D eigenvalue weighted by Crippen LogP contribution is -2.23. The molecule has 6 heteroatoms. The van der Waals surface area contributed by atoms with Crippen LogP contribution in [-0.4, -0.2) is 21.9 Å². The number of aromatic amines is 1. The number of nitrogens with zero attached hydrogens (tertiary/aromatic N) is 3. The molecule has 1 aliphatic rings. The first-order valence-electron chi connectivity index (χ1n) is 7.31. The number of nitrogens with one attached hydrogen (secondary N) is 1. The third-order valence-corrected chi connectivity index (χ3v) is 4.10.